The third-order valence-corrected chi connectivity index (χ3v) is 10.1. The quantitative estimate of drug-likeness (QED) is 0.391. The lowest BCUT2D eigenvalue weighted by atomic mass is 9.49. The summed E-state index contributed by atoms with van der Waals surface area (Å²) in [6.45, 7) is 2.04. The van der Waals surface area contributed by atoms with Crippen LogP contribution in [0.2, 0.25) is 0 Å². The van der Waals surface area contributed by atoms with E-state index in [-0.39, 0.29) is 52.5 Å². The molecule has 2 N–H and O–H groups in total. The van der Waals surface area contributed by atoms with Crippen LogP contribution in [0, 0.1) is 23.2 Å². The number of amides is 2. The van der Waals surface area contributed by atoms with Crippen molar-refractivity contribution < 1.29 is 27.9 Å². The highest BCUT2D eigenvalue weighted by Crippen LogP contribution is 2.59. The molecule has 0 unspecified atom stereocenters. The van der Waals surface area contributed by atoms with Crippen LogP contribution in [0.15, 0.2) is 48.8 Å². The van der Waals surface area contributed by atoms with Gasteiger partial charge in [0.1, 0.15) is 5.75 Å². The molecule has 2 amide bonds. The van der Waals surface area contributed by atoms with Gasteiger partial charge in [-0.15, -0.1) is 10.2 Å². The molecule has 45 heavy (non-hydrogen) atoms. The number of rotatable bonds is 6. The lowest BCUT2D eigenvalue weighted by Crippen LogP contribution is -2.51. The number of pyridine rings is 1. The Hall–Kier alpha value is -4.22. The van der Waals surface area contributed by atoms with Gasteiger partial charge < -0.3 is 20.2 Å². The Morgan fingerprint density at radius 3 is 2.18 bits per heavy atom. The number of carbonyl (C=O) groups excluding carboxylic acids is 2. The maximum absolute atomic E-state index is 13.7. The number of anilines is 1. The average molecular weight is 621 g/mol. The molecule has 12 heteroatoms. The molecular weight excluding hydrogens is 585 g/mol. The largest absolute Gasteiger partial charge is 0.506 e. The Bertz CT molecular complexity index is 1570. The van der Waals surface area contributed by atoms with Crippen molar-refractivity contribution in [1.29, 1.82) is 0 Å². The molecule has 3 aromatic rings. The van der Waals surface area contributed by atoms with Crippen LogP contribution >= 0.6 is 0 Å². The van der Waals surface area contributed by atoms with E-state index < -0.39 is 17.6 Å². The first-order valence-electron chi connectivity index (χ1n) is 15.6. The van der Waals surface area contributed by atoms with E-state index >= 15 is 0 Å². The van der Waals surface area contributed by atoms with Crippen molar-refractivity contribution in [2.24, 2.45) is 23.2 Å². The molecule has 236 valence electrons. The van der Waals surface area contributed by atoms with Crippen LogP contribution in [-0.2, 0) is 6.18 Å². The maximum atomic E-state index is 13.7. The van der Waals surface area contributed by atoms with Gasteiger partial charge in [-0.3, -0.25) is 14.6 Å². The van der Waals surface area contributed by atoms with Crippen LogP contribution in [0.1, 0.15) is 64.9 Å². The van der Waals surface area contributed by atoms with Crippen molar-refractivity contribution >= 4 is 17.6 Å². The second-order valence-electron chi connectivity index (χ2n) is 13.4. The predicted molar refractivity (Wildman–Crippen MR) is 159 cm³/mol. The fraction of sp³-hybridized carbons (Fsp3) is 0.485. The molecule has 5 aliphatic rings. The number of hydrogen-bond donors (Lipinski definition) is 2. The van der Waals surface area contributed by atoms with Gasteiger partial charge in [0.05, 0.1) is 11.8 Å². The molecule has 3 heterocycles. The van der Waals surface area contributed by atoms with Crippen molar-refractivity contribution in [2.75, 3.05) is 37.6 Å². The van der Waals surface area contributed by atoms with E-state index in [0.717, 1.165) is 29.9 Å². The van der Waals surface area contributed by atoms with Crippen molar-refractivity contribution in [3.63, 3.8) is 0 Å². The van der Waals surface area contributed by atoms with Gasteiger partial charge in [-0.05, 0) is 104 Å². The van der Waals surface area contributed by atoms with E-state index in [1.165, 1.54) is 68.0 Å². The minimum atomic E-state index is -4.66. The molecule has 8 rings (SSSR count). The number of benzene rings is 1. The van der Waals surface area contributed by atoms with E-state index in [9.17, 15) is 27.9 Å². The van der Waals surface area contributed by atoms with Crippen LogP contribution in [-0.4, -0.2) is 69.7 Å². The fourth-order valence-electron chi connectivity index (χ4n) is 8.47. The third-order valence-electron chi connectivity index (χ3n) is 10.1. The standard InChI is InChI=1S/C33H35F3N6O3/c34-33(35,36)26-11-23(25-13-27(43)18-37-17-25)10-24(12-26)31(45)42-5-3-41(4-6-42)29-2-1-28(39-40-29)30(44)38-19-32-14-20-7-21(15-32)9-22(8-20)16-32/h1-2,10-13,17-18,20-22,43H,3-9,14-16,19H2,(H,38,44). The summed E-state index contributed by atoms with van der Waals surface area (Å²) in [4.78, 5) is 33.6. The normalized spacial score (nSPS) is 25.8. The van der Waals surface area contributed by atoms with E-state index in [1.54, 1.807) is 12.1 Å². The number of carbonyl (C=O) groups is 2. The van der Waals surface area contributed by atoms with Gasteiger partial charge in [-0.1, -0.05) is 0 Å². The fourth-order valence-corrected chi connectivity index (χ4v) is 8.47. The minimum Gasteiger partial charge on any atom is -0.506 e. The summed E-state index contributed by atoms with van der Waals surface area (Å²) in [7, 11) is 0. The number of hydrogen-bond acceptors (Lipinski definition) is 7. The number of alkyl halides is 3. The van der Waals surface area contributed by atoms with Crippen molar-refractivity contribution in [3.05, 3.63) is 65.6 Å². The summed E-state index contributed by atoms with van der Waals surface area (Å²) in [6.07, 6.45) is 5.55. The van der Waals surface area contributed by atoms with Gasteiger partial charge in [0.2, 0.25) is 0 Å². The zero-order chi connectivity index (χ0) is 31.3. The van der Waals surface area contributed by atoms with Crippen LogP contribution < -0.4 is 10.2 Å². The van der Waals surface area contributed by atoms with Crippen molar-refractivity contribution in [3.8, 4) is 16.9 Å². The Morgan fingerprint density at radius 1 is 0.889 bits per heavy atom. The Kier molecular flexibility index (Phi) is 7.40. The second kappa shape index (κ2) is 11.3. The summed E-state index contributed by atoms with van der Waals surface area (Å²) in [5.41, 5.74) is -0.162. The first-order valence-corrected chi connectivity index (χ1v) is 15.6. The Balaban J connectivity index is 0.972. The van der Waals surface area contributed by atoms with Gasteiger partial charge in [-0.2, -0.15) is 13.2 Å². The zero-order valence-corrected chi connectivity index (χ0v) is 24.8. The molecule has 4 bridgehead atoms. The SMILES string of the molecule is O=C(NCC12CC3CC(CC(C3)C1)C2)c1ccc(N2CCN(C(=O)c3cc(-c4cncc(O)c4)cc(C(F)(F)F)c3)CC2)nn1. The zero-order valence-electron chi connectivity index (χ0n) is 24.8. The highest BCUT2D eigenvalue weighted by atomic mass is 19.4. The number of aromatic hydroxyl groups is 1. The Labute approximate surface area is 258 Å². The number of piperazine rings is 1. The number of halogens is 3. The Morgan fingerprint density at radius 2 is 1.58 bits per heavy atom. The van der Waals surface area contributed by atoms with Crippen molar-refractivity contribution in [2.45, 2.75) is 44.7 Å². The molecule has 1 saturated heterocycles. The molecule has 2 aromatic heterocycles. The highest BCUT2D eigenvalue weighted by molar-refractivity contribution is 5.96. The molecule has 0 radical (unpaired) electrons. The molecule has 4 saturated carbocycles. The molecule has 4 aliphatic carbocycles. The van der Waals surface area contributed by atoms with E-state index in [1.807, 2.05) is 4.90 Å². The first-order chi connectivity index (χ1) is 21.5. The molecule has 9 nitrogen and oxygen atoms in total. The minimum absolute atomic E-state index is 0.0969. The topological polar surface area (TPSA) is 112 Å². The molecule has 0 spiro atoms. The van der Waals surface area contributed by atoms with Gasteiger partial charge in [0.15, 0.2) is 11.5 Å². The van der Waals surface area contributed by atoms with Gasteiger partial charge in [-0.25, -0.2) is 0 Å². The number of nitrogens with one attached hydrogen (secondary N) is 1. The monoisotopic (exact) mass is 620 g/mol. The molecule has 0 atom stereocenters. The van der Waals surface area contributed by atoms with Crippen LogP contribution in [0.4, 0.5) is 19.0 Å². The van der Waals surface area contributed by atoms with Gasteiger partial charge >= 0.3 is 6.18 Å². The summed E-state index contributed by atoms with van der Waals surface area (Å²) in [5.74, 6) is 2.07. The highest BCUT2D eigenvalue weighted by Gasteiger charge is 2.50. The van der Waals surface area contributed by atoms with Gasteiger partial charge in [0, 0.05) is 50.0 Å². The number of nitrogens with zero attached hydrogens (tertiary/aromatic N) is 5. The summed E-state index contributed by atoms with van der Waals surface area (Å²) < 4.78 is 41.2. The van der Waals surface area contributed by atoms with Crippen LogP contribution in [0.3, 0.4) is 0 Å². The lowest BCUT2D eigenvalue weighted by molar-refractivity contribution is -0.137. The third kappa shape index (κ3) is 6.06. The smallest absolute Gasteiger partial charge is 0.416 e. The molecule has 5 fully saturated rings. The maximum Gasteiger partial charge on any atom is 0.416 e. The van der Waals surface area contributed by atoms with Crippen LogP contribution in [0.25, 0.3) is 11.1 Å². The van der Waals surface area contributed by atoms with E-state index in [0.29, 0.717) is 25.5 Å². The summed E-state index contributed by atoms with van der Waals surface area (Å²) in [5, 5.41) is 21.4. The molecule has 1 aliphatic heterocycles. The molecule has 1 aromatic carbocycles. The first kappa shape index (κ1) is 29.5. The number of aromatic nitrogens is 3. The second-order valence-corrected chi connectivity index (χ2v) is 13.4. The van der Waals surface area contributed by atoms with Crippen LogP contribution in [0.5, 0.6) is 5.75 Å². The summed E-state index contributed by atoms with van der Waals surface area (Å²) in [6, 6.07) is 7.89. The predicted octanol–water partition coefficient (Wildman–Crippen LogP) is 5.17. The van der Waals surface area contributed by atoms with E-state index in [4.69, 9.17) is 0 Å². The van der Waals surface area contributed by atoms with Gasteiger partial charge in [0.25, 0.3) is 11.8 Å². The average Bonchev–Trinajstić information content (AvgIpc) is 3.02. The van der Waals surface area contributed by atoms with E-state index in [2.05, 4.69) is 20.5 Å². The molecular formula is C33H35F3N6O3. The van der Waals surface area contributed by atoms with Crippen molar-refractivity contribution in [1.82, 2.24) is 25.4 Å². The summed E-state index contributed by atoms with van der Waals surface area (Å²) >= 11 is 0. The lowest BCUT2D eigenvalue weighted by Gasteiger charge is -2.56.